The van der Waals surface area contributed by atoms with Crippen molar-refractivity contribution in [1.82, 2.24) is 95.4 Å². The highest BCUT2D eigenvalue weighted by molar-refractivity contribution is 7.09. The average molecular weight is 1960 g/mol. The molecule has 9 fully saturated rings. The molecule has 734 valence electrons. The van der Waals surface area contributed by atoms with Crippen LogP contribution in [0.1, 0.15) is 158 Å². The van der Waals surface area contributed by atoms with Crippen LogP contribution in [0.4, 0.5) is 40.8 Å². The molecule has 4 bridgehead atoms. The molecule has 9 saturated carbocycles. The van der Waals surface area contributed by atoms with Crippen LogP contribution in [0.25, 0.3) is 157 Å². The van der Waals surface area contributed by atoms with Gasteiger partial charge < -0.3 is 60.7 Å². The van der Waals surface area contributed by atoms with Gasteiger partial charge in [-0.1, -0.05) is 118 Å². The first-order valence-corrected chi connectivity index (χ1v) is 51.5. The van der Waals surface area contributed by atoms with Gasteiger partial charge in [-0.3, -0.25) is 9.59 Å². The fourth-order valence-corrected chi connectivity index (χ4v) is 23.9. The van der Waals surface area contributed by atoms with Crippen molar-refractivity contribution in [1.29, 1.82) is 0 Å². The largest absolute Gasteiger partial charge is 0.472 e. The monoisotopic (exact) mass is 1960 g/mol. The second-order valence-electron chi connectivity index (χ2n) is 39.9. The number of H-pyrrole nitrogens is 4. The number of fused-ring (bicyclic) bond motifs is 13. The summed E-state index contributed by atoms with van der Waals surface area (Å²) >= 11 is 1.47. The molecule has 8 unspecified atom stereocenters. The maximum absolute atomic E-state index is 14.2. The normalized spacial score (nSPS) is 21.2. The topological polar surface area (TPSA) is 363 Å². The Morgan fingerprint density at radius 3 is 1.23 bits per heavy atom. The zero-order chi connectivity index (χ0) is 98.3. The number of hydrogen-bond donors (Lipinski definition) is 10. The number of hydrogen-bond acceptors (Lipinski definition) is 22. The zero-order valence-corrected chi connectivity index (χ0v) is 81.2. The van der Waals surface area contributed by atoms with Crippen LogP contribution in [0.2, 0.25) is 0 Å². The maximum Gasteiger partial charge on any atom is 0.270 e. The van der Waals surface area contributed by atoms with Gasteiger partial charge in [0.25, 0.3) is 5.91 Å². The van der Waals surface area contributed by atoms with E-state index in [1.54, 1.807) is 36.5 Å². The molecule has 0 saturated heterocycles. The minimum Gasteiger partial charge on any atom is -0.472 e. The number of pyridine rings is 4. The Hall–Kier alpha value is -15.5. The Morgan fingerprint density at radius 2 is 0.786 bits per heavy atom. The number of carbonyl (C=O) groups is 2. The molecule has 0 aliphatic heterocycles. The fourth-order valence-electron chi connectivity index (χ4n) is 23.3. The number of para-hydroxylation sites is 2. The zero-order valence-electron chi connectivity index (χ0n) is 80.4. The molecular weight excluding hydrogens is 1850 g/mol. The van der Waals surface area contributed by atoms with E-state index in [-0.39, 0.29) is 47.7 Å². The van der Waals surface area contributed by atoms with Crippen molar-refractivity contribution in [3.05, 3.63) is 259 Å². The lowest BCUT2D eigenvalue weighted by Gasteiger charge is -2.47. The van der Waals surface area contributed by atoms with Crippen molar-refractivity contribution >= 4 is 112 Å². The second kappa shape index (κ2) is 40.7. The quantitative estimate of drug-likeness (QED) is 0.0317. The van der Waals surface area contributed by atoms with Crippen molar-refractivity contribution < 1.29 is 36.0 Å². The molecular formula is C113H109F4N23O4S. The van der Waals surface area contributed by atoms with E-state index in [9.17, 15) is 27.2 Å². The number of benzene rings is 4. The molecule has 27 nitrogen and oxygen atoms in total. The molecule has 2 amide bonds. The van der Waals surface area contributed by atoms with Crippen LogP contribution in [0.15, 0.2) is 234 Å². The number of anilines is 4. The third-order valence-corrected chi connectivity index (χ3v) is 31.5. The fraction of sp³-hybridized carbons (Fsp3) is 0.319. The summed E-state index contributed by atoms with van der Waals surface area (Å²) in [7, 11) is 0. The lowest BCUT2D eigenvalue weighted by molar-refractivity contribution is -0.125. The van der Waals surface area contributed by atoms with Gasteiger partial charge in [-0.2, -0.15) is 0 Å². The van der Waals surface area contributed by atoms with Gasteiger partial charge in [-0.15, -0.1) is 11.3 Å². The van der Waals surface area contributed by atoms with Gasteiger partial charge in [0, 0.05) is 173 Å². The molecule has 145 heavy (non-hydrogen) atoms. The minimum atomic E-state index is -0.418. The third kappa shape index (κ3) is 20.0. The van der Waals surface area contributed by atoms with E-state index < -0.39 is 17.5 Å². The molecule has 15 aromatic heterocycles. The highest BCUT2D eigenvalue weighted by Crippen LogP contribution is 2.49. The van der Waals surface area contributed by atoms with Crippen LogP contribution in [0.5, 0.6) is 0 Å². The van der Waals surface area contributed by atoms with E-state index in [0.29, 0.717) is 126 Å². The summed E-state index contributed by atoms with van der Waals surface area (Å²) in [6, 6.07) is 51.1. The third-order valence-electron chi connectivity index (χ3n) is 30.7. The molecule has 9 aliphatic carbocycles. The summed E-state index contributed by atoms with van der Waals surface area (Å²) in [5, 5.41) is 28.6. The van der Waals surface area contributed by atoms with E-state index in [0.717, 1.165) is 189 Å². The standard InChI is InChI=1S/C32H28FN5O.C29H31FN6O.C28H26FN7OS.C24H24FN5O/c1-17-18-9-11-19(12-10-18)29(17)37-28-14-26(23-7-4-6-22-21-5-2-3-8-27(21)39-30(22)23)36-32(38-28)25-16-35-31-24(25)13-20(33)15-34-31;30-20-13-23-24(17-32-27(23)31-16-20)28-35-25(18-7-2-1-3-8-18)15-26(36-28)33-21-11-6-12-22(14-21)34-29(37)19-9-4-5-10-19;1-16-32-24(15-38-16)28(37)34-20-9-5-8-19(11-20)33-25-12-23(17-6-3-2-4-7-17)35-27(36-25)22-14-31-26-21(22)10-18(29)13-30-26;1-13-14-2-4-15(5-3-14)22(13)29-21-9-20(16-6-7-31-12-16)28-24(30-21)19-11-27-23-18(19)8-17(25)10-26-23/h2-8,13-19,29H,9-12H2,1H3,(H,34,35)(H,36,37,38);1-3,7-8,13,15-17,19,21-22H,4-6,9-12,14H2,(H,31,32)(H,34,37)(H,33,35,36);2-4,6-7,10,12-15,19-20H,5,8-9,11H2,1H3,(H,30,31)(H,34,37)(H,33,35,36);6-15,22H,2-5H2,1H3,(H,26,27)(H,28,29,30). The van der Waals surface area contributed by atoms with Crippen molar-refractivity contribution in [2.75, 3.05) is 21.3 Å². The van der Waals surface area contributed by atoms with E-state index >= 15 is 0 Å². The van der Waals surface area contributed by atoms with Crippen molar-refractivity contribution in [3.8, 4) is 90.6 Å². The Balaban J connectivity index is 0.000000107. The molecule has 0 spiro atoms. The summed E-state index contributed by atoms with van der Waals surface area (Å²) in [5.41, 5.74) is 14.1. The van der Waals surface area contributed by atoms with Gasteiger partial charge >= 0.3 is 0 Å². The van der Waals surface area contributed by atoms with E-state index in [1.807, 2.05) is 134 Å². The smallest absolute Gasteiger partial charge is 0.270 e. The summed E-state index contributed by atoms with van der Waals surface area (Å²) in [4.78, 5) is 97.7. The molecule has 0 radical (unpaired) electrons. The summed E-state index contributed by atoms with van der Waals surface area (Å²) in [5.74, 6) is 7.79. The molecule has 4 aromatic carbocycles. The van der Waals surface area contributed by atoms with Crippen molar-refractivity contribution in [2.45, 2.75) is 185 Å². The summed E-state index contributed by atoms with van der Waals surface area (Å²) in [6.07, 6.45) is 37.6. The molecule has 10 N–H and O–H groups in total. The number of carbonyl (C=O) groups excluding carboxylic acids is 2. The first-order valence-electron chi connectivity index (χ1n) is 50.6. The van der Waals surface area contributed by atoms with Crippen LogP contribution >= 0.6 is 11.3 Å². The molecule has 32 heteroatoms. The summed E-state index contributed by atoms with van der Waals surface area (Å²) in [6.45, 7) is 6.63. The average Bonchev–Trinajstić information content (AvgIpc) is 1.63. The molecule has 9 aliphatic rings. The van der Waals surface area contributed by atoms with E-state index in [4.69, 9.17) is 48.7 Å². The second-order valence-corrected chi connectivity index (χ2v) is 41.0. The minimum absolute atomic E-state index is 0.0494. The van der Waals surface area contributed by atoms with Crippen molar-refractivity contribution in [3.63, 3.8) is 0 Å². The maximum atomic E-state index is 14.2. The van der Waals surface area contributed by atoms with Gasteiger partial charge in [0.05, 0.1) is 65.1 Å². The van der Waals surface area contributed by atoms with Crippen LogP contribution in [-0.2, 0) is 4.79 Å². The number of aromatic nitrogens is 17. The molecule has 19 aromatic rings. The Kier molecular flexibility index (Phi) is 26.2. The number of aromatic amines is 4. The number of nitrogens with one attached hydrogen (secondary N) is 10. The van der Waals surface area contributed by atoms with Gasteiger partial charge in [-0.25, -0.2) is 82.4 Å². The predicted molar refractivity (Wildman–Crippen MR) is 557 cm³/mol. The highest BCUT2D eigenvalue weighted by Gasteiger charge is 2.44. The van der Waals surface area contributed by atoms with E-state index in [2.05, 4.69) is 103 Å². The molecule has 28 rings (SSSR count). The number of amides is 2. The number of rotatable bonds is 20. The number of aryl methyl sites for hydroxylation is 1. The highest BCUT2D eigenvalue weighted by atomic mass is 32.1. The van der Waals surface area contributed by atoms with Crippen LogP contribution in [0.3, 0.4) is 0 Å². The lowest BCUT2D eigenvalue weighted by atomic mass is 9.62. The van der Waals surface area contributed by atoms with Gasteiger partial charge in [0.15, 0.2) is 23.3 Å². The van der Waals surface area contributed by atoms with Crippen LogP contribution < -0.4 is 31.9 Å². The summed E-state index contributed by atoms with van der Waals surface area (Å²) < 4.78 is 67.8. The first-order chi connectivity index (χ1) is 70.9. The Labute approximate surface area is 836 Å². The molecule has 15 heterocycles. The predicted octanol–water partition coefficient (Wildman–Crippen LogP) is 25.2. The number of thiazole rings is 1. The van der Waals surface area contributed by atoms with Crippen molar-refractivity contribution in [2.24, 2.45) is 41.4 Å². The van der Waals surface area contributed by atoms with Crippen LogP contribution in [0, 0.1) is 71.6 Å². The number of nitrogens with zero attached hydrogens (tertiary/aromatic N) is 13. The Bertz CT molecular complexity index is 7920. The van der Waals surface area contributed by atoms with Gasteiger partial charge in [-0.05, 0) is 200 Å². The number of furan rings is 2. The molecule has 8 atom stereocenters. The van der Waals surface area contributed by atoms with Gasteiger partial charge in [0.2, 0.25) is 5.91 Å². The lowest BCUT2D eigenvalue weighted by Crippen LogP contribution is -2.47. The van der Waals surface area contributed by atoms with Gasteiger partial charge in [0.1, 0.15) is 86.0 Å². The Morgan fingerprint density at radius 1 is 0.379 bits per heavy atom. The number of halogens is 4. The SMILES string of the molecule is CC1C2CCC(CC2)C1Nc1cc(-c2cccc3c2oc2ccccc23)nc(-c2c[nH]c3ncc(F)cc23)n1.CC1C2CCC(CC2)C1Nc1cc(-c2ccoc2)nc(-c2c[nH]c3ncc(F)cc23)n1.Cc1nc(C(=O)NC2CCCC(Nc3cc(-c4ccccc4)nc(-c4c[nH]c5ncc(F)cc45)n3)C2)cs1.O=C(NC1CCCC(Nc2cc(-c3ccccc3)nc(-c3c[nH]c4ncc(F)cc34)n2)C1)C1CCCC1. The first kappa shape index (κ1) is 93.2. The van der Waals surface area contributed by atoms with E-state index in [1.165, 1.54) is 112 Å². The van der Waals surface area contributed by atoms with Crippen LogP contribution in [-0.4, -0.2) is 133 Å².